The van der Waals surface area contributed by atoms with Crippen LogP contribution in [0.5, 0.6) is 0 Å². The molecule has 0 amide bonds. The first-order valence-corrected chi connectivity index (χ1v) is 10.7. The van der Waals surface area contributed by atoms with E-state index in [1.165, 1.54) is 18.4 Å². The molecule has 0 N–H and O–H groups in total. The number of anilines is 1. The van der Waals surface area contributed by atoms with Crippen LogP contribution in [0.2, 0.25) is 0 Å². The lowest BCUT2D eigenvalue weighted by atomic mass is 9.96. The first-order chi connectivity index (χ1) is 14.9. The number of rotatable bonds is 4. The lowest BCUT2D eigenvalue weighted by Crippen LogP contribution is -2.39. The second-order valence-electron chi connectivity index (χ2n) is 7.47. The lowest BCUT2D eigenvalue weighted by molar-refractivity contribution is -0.136. The smallest absolute Gasteiger partial charge is 0.338 e. The third-order valence-electron chi connectivity index (χ3n) is 5.25. The van der Waals surface area contributed by atoms with Gasteiger partial charge in [0.2, 0.25) is 0 Å². The molecule has 0 spiro atoms. The van der Waals surface area contributed by atoms with Gasteiger partial charge in [-0.15, -0.1) is 0 Å². The molecule has 0 aliphatic carbocycles. The Labute approximate surface area is 184 Å². The standard InChI is InChI=1S/C24H23N3O3S/c1-15-20(23(29)30-4)21(17-8-6-5-7-9-17)27-22(28)19(31-24(27)25-15)14-16-10-12-18(13-11-16)26(2)3/h5-14,21H,1-4H3/b19-14+/t21-/m1/s1. The largest absolute Gasteiger partial charge is 0.466 e. The van der Waals surface area contributed by atoms with Crippen LogP contribution in [0.3, 0.4) is 0 Å². The molecular weight excluding hydrogens is 410 g/mol. The highest BCUT2D eigenvalue weighted by Gasteiger charge is 2.32. The van der Waals surface area contributed by atoms with Gasteiger partial charge >= 0.3 is 5.97 Å². The second kappa shape index (κ2) is 8.35. The molecule has 0 bridgehead atoms. The lowest BCUT2D eigenvalue weighted by Gasteiger charge is -2.24. The van der Waals surface area contributed by atoms with Crippen molar-refractivity contribution >= 4 is 29.1 Å². The minimum atomic E-state index is -0.580. The van der Waals surface area contributed by atoms with E-state index in [-0.39, 0.29) is 5.56 Å². The van der Waals surface area contributed by atoms with E-state index < -0.39 is 12.0 Å². The zero-order valence-corrected chi connectivity index (χ0v) is 18.6. The number of fused-ring (bicyclic) bond motifs is 1. The SMILES string of the molecule is COC(=O)C1=C(C)N=c2s/c(=C/c3ccc(N(C)C)cc3)c(=O)n2[C@@H]1c1ccccc1. The van der Waals surface area contributed by atoms with E-state index in [0.717, 1.165) is 16.8 Å². The first kappa shape index (κ1) is 20.8. The average Bonchev–Trinajstić information content (AvgIpc) is 3.07. The molecule has 158 valence electrons. The van der Waals surface area contributed by atoms with Crippen molar-refractivity contribution in [3.63, 3.8) is 0 Å². The van der Waals surface area contributed by atoms with Crippen LogP contribution in [0.15, 0.2) is 75.7 Å². The summed E-state index contributed by atoms with van der Waals surface area (Å²) < 4.78 is 7.18. The molecule has 0 saturated carbocycles. The molecule has 1 aliphatic heterocycles. The maximum atomic E-state index is 13.4. The van der Waals surface area contributed by atoms with E-state index >= 15 is 0 Å². The molecule has 2 aromatic carbocycles. The van der Waals surface area contributed by atoms with Gasteiger partial charge in [-0.25, -0.2) is 9.79 Å². The van der Waals surface area contributed by atoms with Gasteiger partial charge in [-0.05, 0) is 36.3 Å². The van der Waals surface area contributed by atoms with Crippen LogP contribution >= 0.6 is 11.3 Å². The Balaban J connectivity index is 1.91. The van der Waals surface area contributed by atoms with Crippen molar-refractivity contribution in [3.05, 3.63) is 96.7 Å². The Morgan fingerprint density at radius 3 is 2.42 bits per heavy atom. The van der Waals surface area contributed by atoms with E-state index in [4.69, 9.17) is 4.74 Å². The molecule has 6 nitrogen and oxygen atoms in total. The summed E-state index contributed by atoms with van der Waals surface area (Å²) in [5, 5.41) is 0. The summed E-state index contributed by atoms with van der Waals surface area (Å²) in [6.45, 7) is 1.78. The number of aromatic nitrogens is 1. The number of thiazole rings is 1. The Kier molecular flexibility index (Phi) is 5.61. The minimum Gasteiger partial charge on any atom is -0.466 e. The molecule has 31 heavy (non-hydrogen) atoms. The third-order valence-corrected chi connectivity index (χ3v) is 6.23. The minimum absolute atomic E-state index is 0.178. The van der Waals surface area contributed by atoms with Crippen LogP contribution in [-0.2, 0) is 9.53 Å². The number of methoxy groups -OCH3 is 1. The number of hydrogen-bond acceptors (Lipinski definition) is 6. The number of benzene rings is 2. The molecule has 0 fully saturated rings. The third kappa shape index (κ3) is 3.84. The molecule has 0 unspecified atom stereocenters. The van der Waals surface area contributed by atoms with Gasteiger partial charge in [0, 0.05) is 19.8 Å². The fraction of sp³-hybridized carbons (Fsp3) is 0.208. The van der Waals surface area contributed by atoms with Crippen molar-refractivity contribution in [2.24, 2.45) is 4.99 Å². The fourth-order valence-corrected chi connectivity index (χ4v) is 4.71. The van der Waals surface area contributed by atoms with E-state index in [1.807, 2.05) is 79.7 Å². The zero-order chi connectivity index (χ0) is 22.1. The van der Waals surface area contributed by atoms with Crippen LogP contribution in [-0.4, -0.2) is 31.7 Å². The monoisotopic (exact) mass is 433 g/mol. The summed E-state index contributed by atoms with van der Waals surface area (Å²) in [6, 6.07) is 16.9. The second-order valence-corrected chi connectivity index (χ2v) is 8.48. The van der Waals surface area contributed by atoms with Gasteiger partial charge in [0.15, 0.2) is 4.80 Å². The molecule has 0 radical (unpaired) electrons. The molecule has 1 aliphatic rings. The van der Waals surface area contributed by atoms with Crippen molar-refractivity contribution in [2.45, 2.75) is 13.0 Å². The average molecular weight is 434 g/mol. The van der Waals surface area contributed by atoms with Crippen LogP contribution in [0, 0.1) is 0 Å². The number of esters is 1. The zero-order valence-electron chi connectivity index (χ0n) is 17.8. The van der Waals surface area contributed by atoms with Gasteiger partial charge in [-0.1, -0.05) is 53.8 Å². The van der Waals surface area contributed by atoms with Crippen molar-refractivity contribution < 1.29 is 9.53 Å². The molecule has 7 heteroatoms. The van der Waals surface area contributed by atoms with Crippen molar-refractivity contribution in [2.75, 3.05) is 26.1 Å². The highest BCUT2D eigenvalue weighted by atomic mass is 32.1. The molecule has 2 heterocycles. The molecule has 4 rings (SSSR count). The van der Waals surface area contributed by atoms with Gasteiger partial charge < -0.3 is 9.64 Å². The van der Waals surface area contributed by atoms with Crippen molar-refractivity contribution in [1.29, 1.82) is 0 Å². The fourth-order valence-electron chi connectivity index (χ4n) is 3.66. The van der Waals surface area contributed by atoms with Gasteiger partial charge in [0.05, 0.1) is 29.0 Å². The maximum Gasteiger partial charge on any atom is 0.338 e. The van der Waals surface area contributed by atoms with Gasteiger partial charge in [0.25, 0.3) is 5.56 Å². The summed E-state index contributed by atoms with van der Waals surface area (Å²) in [6.07, 6.45) is 1.86. The van der Waals surface area contributed by atoms with Crippen LogP contribution in [0.1, 0.15) is 24.1 Å². The predicted octanol–water partition coefficient (Wildman–Crippen LogP) is 2.47. The normalized spacial score (nSPS) is 16.0. The van der Waals surface area contributed by atoms with Crippen LogP contribution in [0.4, 0.5) is 5.69 Å². The number of hydrogen-bond donors (Lipinski definition) is 0. The number of allylic oxidation sites excluding steroid dienone is 1. The van der Waals surface area contributed by atoms with Crippen molar-refractivity contribution in [1.82, 2.24) is 4.57 Å². The van der Waals surface area contributed by atoms with Gasteiger partial charge in [-0.2, -0.15) is 0 Å². The summed E-state index contributed by atoms with van der Waals surface area (Å²) in [4.78, 5) is 33.2. The Morgan fingerprint density at radius 2 is 1.81 bits per heavy atom. The number of ether oxygens (including phenoxy) is 1. The van der Waals surface area contributed by atoms with Crippen LogP contribution < -0.4 is 19.8 Å². The molecule has 1 atom stereocenters. The van der Waals surface area contributed by atoms with E-state index in [1.54, 1.807) is 11.5 Å². The topological polar surface area (TPSA) is 63.9 Å². The van der Waals surface area contributed by atoms with Crippen molar-refractivity contribution in [3.8, 4) is 0 Å². The number of carbonyl (C=O) groups excluding carboxylic acids is 1. The summed E-state index contributed by atoms with van der Waals surface area (Å²) in [5.41, 5.74) is 3.60. The first-order valence-electron chi connectivity index (χ1n) is 9.84. The van der Waals surface area contributed by atoms with Gasteiger partial charge in [0.1, 0.15) is 0 Å². The molecule has 0 saturated heterocycles. The maximum absolute atomic E-state index is 13.4. The Hall–Kier alpha value is -3.45. The summed E-state index contributed by atoms with van der Waals surface area (Å²) in [7, 11) is 5.31. The van der Waals surface area contributed by atoms with Crippen LogP contribution in [0.25, 0.3) is 6.08 Å². The van der Waals surface area contributed by atoms with E-state index in [2.05, 4.69) is 4.99 Å². The van der Waals surface area contributed by atoms with E-state index in [0.29, 0.717) is 20.6 Å². The Morgan fingerprint density at radius 1 is 1.13 bits per heavy atom. The summed E-state index contributed by atoms with van der Waals surface area (Å²) in [5.74, 6) is -0.483. The van der Waals surface area contributed by atoms with E-state index in [9.17, 15) is 9.59 Å². The Bertz CT molecular complexity index is 1330. The molecular formula is C24H23N3O3S. The molecule has 3 aromatic rings. The summed E-state index contributed by atoms with van der Waals surface area (Å²) >= 11 is 1.32. The number of nitrogens with zero attached hydrogens (tertiary/aromatic N) is 3. The molecule has 1 aromatic heterocycles. The highest BCUT2D eigenvalue weighted by molar-refractivity contribution is 7.07. The quantitative estimate of drug-likeness (QED) is 0.593. The van der Waals surface area contributed by atoms with Gasteiger partial charge in [-0.3, -0.25) is 9.36 Å². The number of carbonyl (C=O) groups is 1. The predicted molar refractivity (Wildman–Crippen MR) is 123 cm³/mol. The highest BCUT2D eigenvalue weighted by Crippen LogP contribution is 2.30.